The number of nitrogens with zero attached hydrogens (tertiary/aromatic N) is 3. The fourth-order valence-corrected chi connectivity index (χ4v) is 2.08. The Morgan fingerprint density at radius 1 is 1.18 bits per heavy atom. The molecule has 0 unspecified atom stereocenters. The summed E-state index contributed by atoms with van der Waals surface area (Å²) in [7, 11) is 1.81. The summed E-state index contributed by atoms with van der Waals surface area (Å²) in [5.41, 5.74) is 1.13. The van der Waals surface area contributed by atoms with E-state index in [4.69, 9.17) is 0 Å². The number of amidine groups is 1. The molecule has 17 heavy (non-hydrogen) atoms. The van der Waals surface area contributed by atoms with E-state index >= 15 is 0 Å². The van der Waals surface area contributed by atoms with E-state index in [0.29, 0.717) is 0 Å². The number of hydrogen-bond acceptors (Lipinski definition) is 2. The number of aliphatic imine (C=N–C) groups is 1. The average molecular weight is 231 g/mol. The van der Waals surface area contributed by atoms with Crippen molar-refractivity contribution in [2.24, 2.45) is 4.99 Å². The van der Waals surface area contributed by atoms with Crippen molar-refractivity contribution in [1.29, 1.82) is 0 Å². The molecule has 1 aliphatic rings. The van der Waals surface area contributed by atoms with E-state index in [0.717, 1.165) is 44.0 Å². The van der Waals surface area contributed by atoms with E-state index in [9.17, 15) is 4.79 Å². The normalized spacial score (nSPS) is 17.1. The lowest BCUT2D eigenvalue weighted by atomic mass is 10.1. The van der Waals surface area contributed by atoms with Gasteiger partial charge in [-0.25, -0.2) is 0 Å². The van der Waals surface area contributed by atoms with Gasteiger partial charge in [0.15, 0.2) is 0 Å². The lowest BCUT2D eigenvalue weighted by Gasteiger charge is -2.34. The van der Waals surface area contributed by atoms with Crippen molar-refractivity contribution in [2.45, 2.75) is 0 Å². The number of hydrogen-bond donors (Lipinski definition) is 0. The molecule has 0 N–H and O–H groups in total. The second-order valence-electron chi connectivity index (χ2n) is 4.04. The Morgan fingerprint density at radius 2 is 1.82 bits per heavy atom. The van der Waals surface area contributed by atoms with Crippen molar-refractivity contribution < 1.29 is 4.79 Å². The maximum absolute atomic E-state index is 10.7. The van der Waals surface area contributed by atoms with Crippen LogP contribution in [0.5, 0.6) is 0 Å². The van der Waals surface area contributed by atoms with Crippen molar-refractivity contribution >= 4 is 12.2 Å². The van der Waals surface area contributed by atoms with Crippen molar-refractivity contribution in [1.82, 2.24) is 9.80 Å². The molecule has 1 aliphatic heterocycles. The Balaban J connectivity index is 2.09. The molecule has 1 amide bonds. The maximum atomic E-state index is 10.7. The van der Waals surface area contributed by atoms with Gasteiger partial charge in [-0.05, 0) is 0 Å². The van der Waals surface area contributed by atoms with Gasteiger partial charge in [0.1, 0.15) is 5.84 Å². The second kappa shape index (κ2) is 5.48. The smallest absolute Gasteiger partial charge is 0.209 e. The zero-order valence-electron chi connectivity index (χ0n) is 10.0. The van der Waals surface area contributed by atoms with Crippen LogP contribution in [0.15, 0.2) is 35.3 Å². The number of rotatable bonds is 2. The third-order valence-electron chi connectivity index (χ3n) is 3.01. The molecule has 0 atom stereocenters. The van der Waals surface area contributed by atoms with Gasteiger partial charge in [0.25, 0.3) is 0 Å². The lowest BCUT2D eigenvalue weighted by molar-refractivity contribution is -0.119. The minimum Gasteiger partial charge on any atom is -0.353 e. The number of benzene rings is 1. The van der Waals surface area contributed by atoms with E-state index in [1.165, 1.54) is 0 Å². The fourth-order valence-electron chi connectivity index (χ4n) is 2.08. The van der Waals surface area contributed by atoms with E-state index in [1.54, 1.807) is 4.90 Å². The van der Waals surface area contributed by atoms with Gasteiger partial charge in [-0.2, -0.15) is 0 Å². The first-order chi connectivity index (χ1) is 8.35. The van der Waals surface area contributed by atoms with Crippen LogP contribution >= 0.6 is 0 Å². The Hall–Kier alpha value is -1.84. The molecule has 1 aromatic rings. The van der Waals surface area contributed by atoms with E-state index in [1.807, 2.05) is 25.2 Å². The zero-order chi connectivity index (χ0) is 12.1. The van der Waals surface area contributed by atoms with Crippen LogP contribution in [-0.4, -0.2) is 55.3 Å². The van der Waals surface area contributed by atoms with Gasteiger partial charge < -0.3 is 9.80 Å². The van der Waals surface area contributed by atoms with E-state index in [-0.39, 0.29) is 0 Å². The van der Waals surface area contributed by atoms with Crippen LogP contribution in [-0.2, 0) is 4.79 Å². The highest BCUT2D eigenvalue weighted by Gasteiger charge is 2.18. The van der Waals surface area contributed by atoms with Crippen LogP contribution in [0.4, 0.5) is 0 Å². The Bertz CT molecular complexity index is 394. The first-order valence-corrected chi connectivity index (χ1v) is 5.81. The van der Waals surface area contributed by atoms with Crippen LogP contribution < -0.4 is 0 Å². The van der Waals surface area contributed by atoms with Crippen molar-refractivity contribution in [3.8, 4) is 0 Å². The van der Waals surface area contributed by atoms with Crippen LogP contribution in [0.1, 0.15) is 5.56 Å². The Kier molecular flexibility index (Phi) is 3.75. The molecule has 0 aromatic heterocycles. The van der Waals surface area contributed by atoms with Gasteiger partial charge in [0.05, 0.1) is 0 Å². The van der Waals surface area contributed by atoms with Gasteiger partial charge in [0, 0.05) is 38.8 Å². The zero-order valence-corrected chi connectivity index (χ0v) is 10.0. The van der Waals surface area contributed by atoms with Gasteiger partial charge >= 0.3 is 0 Å². The van der Waals surface area contributed by atoms with Crippen LogP contribution in [0, 0.1) is 0 Å². The molecule has 2 rings (SSSR count). The first kappa shape index (κ1) is 11.6. The number of carbonyl (C=O) groups excluding carboxylic acids is 1. The molecular formula is C13H17N3O. The summed E-state index contributed by atoms with van der Waals surface area (Å²) in [6.45, 7) is 3.24. The third kappa shape index (κ3) is 2.64. The van der Waals surface area contributed by atoms with Crippen molar-refractivity contribution in [3.63, 3.8) is 0 Å². The topological polar surface area (TPSA) is 35.9 Å². The summed E-state index contributed by atoms with van der Waals surface area (Å²) >= 11 is 0. The Labute approximate surface area is 102 Å². The standard InChI is InChI=1S/C13H17N3O/c1-14-13(12-5-3-2-4-6-12)16-9-7-15(11-17)8-10-16/h2-6,11H,7-10H2,1H3. The van der Waals surface area contributed by atoms with E-state index in [2.05, 4.69) is 22.0 Å². The van der Waals surface area contributed by atoms with Gasteiger partial charge in [-0.15, -0.1) is 0 Å². The van der Waals surface area contributed by atoms with Gasteiger partial charge in [0.2, 0.25) is 6.41 Å². The maximum Gasteiger partial charge on any atom is 0.209 e. The fraction of sp³-hybridized carbons (Fsp3) is 0.385. The molecule has 1 heterocycles. The molecular weight excluding hydrogens is 214 g/mol. The summed E-state index contributed by atoms with van der Waals surface area (Å²) < 4.78 is 0. The molecule has 1 saturated heterocycles. The van der Waals surface area contributed by atoms with E-state index < -0.39 is 0 Å². The molecule has 0 bridgehead atoms. The summed E-state index contributed by atoms with van der Waals surface area (Å²) in [4.78, 5) is 19.1. The molecule has 4 nitrogen and oxygen atoms in total. The lowest BCUT2D eigenvalue weighted by Crippen LogP contribution is -2.48. The number of piperazine rings is 1. The Morgan fingerprint density at radius 3 is 2.35 bits per heavy atom. The largest absolute Gasteiger partial charge is 0.353 e. The molecule has 90 valence electrons. The molecule has 0 spiro atoms. The molecule has 4 heteroatoms. The molecule has 0 aliphatic carbocycles. The molecule has 0 radical (unpaired) electrons. The highest BCUT2D eigenvalue weighted by atomic mass is 16.1. The second-order valence-corrected chi connectivity index (χ2v) is 4.04. The highest BCUT2D eigenvalue weighted by molar-refractivity contribution is 5.98. The number of carbonyl (C=O) groups is 1. The summed E-state index contributed by atoms with van der Waals surface area (Å²) in [6, 6.07) is 10.2. The first-order valence-electron chi connectivity index (χ1n) is 5.81. The van der Waals surface area contributed by atoms with Crippen LogP contribution in [0.25, 0.3) is 0 Å². The van der Waals surface area contributed by atoms with Gasteiger partial charge in [-0.3, -0.25) is 9.79 Å². The van der Waals surface area contributed by atoms with Crippen molar-refractivity contribution in [2.75, 3.05) is 33.2 Å². The predicted octanol–water partition coefficient (Wildman–Crippen LogP) is 0.837. The highest BCUT2D eigenvalue weighted by Crippen LogP contribution is 2.08. The predicted molar refractivity (Wildman–Crippen MR) is 68.1 cm³/mol. The minimum absolute atomic E-state index is 0.773. The van der Waals surface area contributed by atoms with Crippen LogP contribution in [0.3, 0.4) is 0 Å². The quantitative estimate of drug-likeness (QED) is 0.429. The molecule has 1 fully saturated rings. The van der Waals surface area contributed by atoms with Crippen molar-refractivity contribution in [3.05, 3.63) is 35.9 Å². The summed E-state index contributed by atoms with van der Waals surface area (Å²) in [5.74, 6) is 1.01. The minimum atomic E-state index is 0.773. The SMILES string of the molecule is CN=C(c1ccccc1)N1CCN(C=O)CC1. The monoisotopic (exact) mass is 231 g/mol. The molecule has 1 aromatic carbocycles. The third-order valence-corrected chi connectivity index (χ3v) is 3.01. The number of amides is 1. The van der Waals surface area contributed by atoms with Crippen LogP contribution in [0.2, 0.25) is 0 Å². The summed E-state index contributed by atoms with van der Waals surface area (Å²) in [6.07, 6.45) is 0.919. The summed E-state index contributed by atoms with van der Waals surface area (Å²) in [5, 5.41) is 0. The molecule has 0 saturated carbocycles. The average Bonchev–Trinajstić information content (AvgIpc) is 2.42. The van der Waals surface area contributed by atoms with Gasteiger partial charge in [-0.1, -0.05) is 30.3 Å².